The van der Waals surface area contributed by atoms with Crippen molar-refractivity contribution in [2.75, 3.05) is 18.5 Å². The van der Waals surface area contributed by atoms with Gasteiger partial charge in [-0.1, -0.05) is 25.5 Å². The van der Waals surface area contributed by atoms with Crippen LogP contribution in [0.5, 0.6) is 0 Å². The number of aliphatic imine (C=N–C) groups is 1. The third-order valence-electron chi connectivity index (χ3n) is 4.77. The van der Waals surface area contributed by atoms with Crippen LogP contribution in [0.3, 0.4) is 0 Å². The number of hydrogen-bond acceptors (Lipinski definition) is 4. The Labute approximate surface area is 153 Å². The average Bonchev–Trinajstić information content (AvgIpc) is 3.08. The molecule has 0 spiro atoms. The van der Waals surface area contributed by atoms with Crippen molar-refractivity contribution in [2.24, 2.45) is 4.99 Å². The van der Waals surface area contributed by atoms with Crippen molar-refractivity contribution in [2.45, 2.75) is 39.2 Å². The molecule has 4 nitrogen and oxygen atoms in total. The largest absolute Gasteiger partial charge is 0.362 e. The molecule has 0 saturated heterocycles. The van der Waals surface area contributed by atoms with E-state index in [1.807, 2.05) is 30.3 Å². The lowest BCUT2D eigenvalue weighted by Gasteiger charge is -2.41. The van der Waals surface area contributed by atoms with Gasteiger partial charge in [0.15, 0.2) is 0 Å². The number of carbonyl (C=O) groups is 1. The lowest BCUT2D eigenvalue weighted by Crippen LogP contribution is -2.50. The van der Waals surface area contributed by atoms with Crippen molar-refractivity contribution in [3.63, 3.8) is 0 Å². The number of nitrogens with zero attached hydrogens (tertiary/aromatic N) is 2. The number of thiophene rings is 1. The highest BCUT2D eigenvalue weighted by molar-refractivity contribution is 7.16. The summed E-state index contributed by atoms with van der Waals surface area (Å²) in [4.78, 5) is 21.3. The molecule has 25 heavy (non-hydrogen) atoms. The number of fused-ring (bicyclic) bond motifs is 1. The summed E-state index contributed by atoms with van der Waals surface area (Å²) in [6.07, 6.45) is 2.08. The first-order valence-electron chi connectivity index (χ1n) is 8.75. The molecule has 1 aromatic heterocycles. The molecule has 0 saturated carbocycles. The molecule has 0 aliphatic carbocycles. The van der Waals surface area contributed by atoms with E-state index in [0.717, 1.165) is 46.2 Å². The Hall–Kier alpha value is -2.14. The minimum atomic E-state index is -0.241. The molecule has 1 aliphatic heterocycles. The van der Waals surface area contributed by atoms with Crippen molar-refractivity contribution >= 4 is 34.3 Å². The Morgan fingerprint density at radius 1 is 1.24 bits per heavy atom. The van der Waals surface area contributed by atoms with Crippen LogP contribution in [0.2, 0.25) is 0 Å². The summed E-state index contributed by atoms with van der Waals surface area (Å²) in [5.74, 6) is 0.00710. The third-order valence-corrected chi connectivity index (χ3v) is 5.86. The minimum Gasteiger partial charge on any atom is -0.362 e. The lowest BCUT2D eigenvalue weighted by atomic mass is 9.92. The zero-order valence-corrected chi connectivity index (χ0v) is 16.1. The highest BCUT2D eigenvalue weighted by atomic mass is 32.1. The van der Waals surface area contributed by atoms with Gasteiger partial charge < -0.3 is 10.2 Å². The highest BCUT2D eigenvalue weighted by Gasteiger charge is 2.36. The quantitative estimate of drug-likeness (QED) is 0.795. The summed E-state index contributed by atoms with van der Waals surface area (Å²) in [5, 5.41) is 2.98. The van der Waals surface area contributed by atoms with Crippen LogP contribution >= 0.6 is 11.3 Å². The van der Waals surface area contributed by atoms with Gasteiger partial charge in [-0.25, -0.2) is 4.99 Å². The van der Waals surface area contributed by atoms with Gasteiger partial charge in [0, 0.05) is 13.6 Å². The maximum absolute atomic E-state index is 12.3. The number of carbonyl (C=O) groups excluding carboxylic acids is 1. The molecular weight excluding hydrogens is 330 g/mol. The maximum Gasteiger partial charge on any atom is 0.261 e. The van der Waals surface area contributed by atoms with E-state index in [0.29, 0.717) is 0 Å². The number of hydrogen-bond donors (Lipinski definition) is 1. The average molecular weight is 356 g/mol. The van der Waals surface area contributed by atoms with E-state index in [1.54, 1.807) is 0 Å². The monoisotopic (exact) mass is 355 g/mol. The number of anilines is 1. The van der Waals surface area contributed by atoms with Gasteiger partial charge in [-0.2, -0.15) is 0 Å². The fraction of sp³-hybridized carbons (Fsp3) is 0.400. The SMILES string of the molecule is CCCCNC(=O)c1ccc(C2=Nc3ccccc3N(C)C2(C)C)s1. The van der Waals surface area contributed by atoms with E-state index in [4.69, 9.17) is 4.99 Å². The summed E-state index contributed by atoms with van der Waals surface area (Å²) in [6, 6.07) is 12.1. The van der Waals surface area contributed by atoms with E-state index in [-0.39, 0.29) is 11.4 Å². The van der Waals surface area contributed by atoms with Crippen molar-refractivity contribution < 1.29 is 4.79 Å². The van der Waals surface area contributed by atoms with Gasteiger partial charge >= 0.3 is 0 Å². The minimum absolute atomic E-state index is 0.00710. The standard InChI is InChI=1S/C20H25N3OS/c1-5-6-13-21-19(24)17-12-11-16(25-17)18-20(2,3)23(4)15-10-8-7-9-14(15)22-18/h7-12H,5-6,13H2,1-4H3,(H,21,24). The van der Waals surface area contributed by atoms with Crippen molar-refractivity contribution in [1.82, 2.24) is 5.32 Å². The first-order chi connectivity index (χ1) is 11.9. The first kappa shape index (κ1) is 17.7. The Morgan fingerprint density at radius 2 is 2.00 bits per heavy atom. The van der Waals surface area contributed by atoms with Crippen LogP contribution in [0, 0.1) is 0 Å². The highest BCUT2D eigenvalue weighted by Crippen LogP contribution is 2.40. The zero-order chi connectivity index (χ0) is 18.0. The van der Waals surface area contributed by atoms with Gasteiger partial charge in [0.25, 0.3) is 5.91 Å². The summed E-state index contributed by atoms with van der Waals surface area (Å²) < 4.78 is 0. The van der Waals surface area contributed by atoms with E-state index < -0.39 is 0 Å². The van der Waals surface area contributed by atoms with Crippen LogP contribution in [-0.4, -0.2) is 30.8 Å². The number of amides is 1. The fourth-order valence-electron chi connectivity index (χ4n) is 2.97. The van der Waals surface area contributed by atoms with Gasteiger partial charge in [-0.05, 0) is 44.5 Å². The molecule has 2 heterocycles. The number of rotatable bonds is 5. The third kappa shape index (κ3) is 3.33. The van der Waals surface area contributed by atoms with Gasteiger partial charge in [-0.15, -0.1) is 11.3 Å². The first-order valence-corrected chi connectivity index (χ1v) is 9.57. The molecule has 0 fully saturated rings. The fourth-order valence-corrected chi connectivity index (χ4v) is 4.04. The second-order valence-corrected chi connectivity index (χ2v) is 7.92. The van der Waals surface area contributed by atoms with Gasteiger partial charge in [0.1, 0.15) is 0 Å². The van der Waals surface area contributed by atoms with Crippen LogP contribution in [0.1, 0.15) is 48.2 Å². The number of unbranched alkanes of at least 4 members (excludes halogenated alkanes) is 1. The van der Waals surface area contributed by atoms with Crippen LogP contribution in [0.15, 0.2) is 41.4 Å². The van der Waals surface area contributed by atoms with Crippen LogP contribution in [-0.2, 0) is 0 Å². The van der Waals surface area contributed by atoms with E-state index in [9.17, 15) is 4.79 Å². The predicted molar refractivity (Wildman–Crippen MR) is 107 cm³/mol. The van der Waals surface area contributed by atoms with Crippen molar-refractivity contribution in [3.05, 3.63) is 46.2 Å². The maximum atomic E-state index is 12.3. The number of likely N-dealkylation sites (N-methyl/N-ethyl adjacent to an activating group) is 1. The Morgan fingerprint density at radius 3 is 2.76 bits per heavy atom. The smallest absolute Gasteiger partial charge is 0.261 e. The van der Waals surface area contributed by atoms with Gasteiger partial charge in [0.05, 0.1) is 32.4 Å². The second kappa shape index (κ2) is 7.00. The molecule has 1 aromatic carbocycles. The van der Waals surface area contributed by atoms with Crippen LogP contribution in [0.4, 0.5) is 11.4 Å². The summed E-state index contributed by atoms with van der Waals surface area (Å²) >= 11 is 1.52. The summed E-state index contributed by atoms with van der Waals surface area (Å²) in [7, 11) is 2.10. The van der Waals surface area contributed by atoms with Crippen LogP contribution < -0.4 is 10.2 Å². The second-order valence-electron chi connectivity index (χ2n) is 6.84. The van der Waals surface area contributed by atoms with E-state index in [2.05, 4.69) is 44.1 Å². The van der Waals surface area contributed by atoms with E-state index >= 15 is 0 Å². The molecule has 5 heteroatoms. The Bertz CT molecular complexity index is 807. The molecule has 1 N–H and O–H groups in total. The Balaban J connectivity index is 1.91. The molecule has 2 aromatic rings. The molecular formula is C20H25N3OS. The summed E-state index contributed by atoms with van der Waals surface area (Å²) in [5.41, 5.74) is 2.87. The van der Waals surface area contributed by atoms with Gasteiger partial charge in [-0.3, -0.25) is 4.79 Å². The molecule has 0 unspecified atom stereocenters. The van der Waals surface area contributed by atoms with Crippen LogP contribution in [0.25, 0.3) is 0 Å². The Kier molecular flexibility index (Phi) is 4.95. The topological polar surface area (TPSA) is 44.7 Å². The lowest BCUT2D eigenvalue weighted by molar-refractivity contribution is 0.0957. The molecule has 0 atom stereocenters. The molecule has 0 radical (unpaired) electrons. The van der Waals surface area contributed by atoms with Gasteiger partial charge in [0.2, 0.25) is 0 Å². The zero-order valence-electron chi connectivity index (χ0n) is 15.3. The molecule has 132 valence electrons. The number of para-hydroxylation sites is 2. The van der Waals surface area contributed by atoms with E-state index in [1.165, 1.54) is 11.3 Å². The number of nitrogens with one attached hydrogen (secondary N) is 1. The van der Waals surface area contributed by atoms with Crippen molar-refractivity contribution in [3.8, 4) is 0 Å². The summed E-state index contributed by atoms with van der Waals surface area (Å²) in [6.45, 7) is 7.18. The molecule has 1 aliphatic rings. The molecule has 0 bridgehead atoms. The molecule has 1 amide bonds. The number of benzene rings is 1. The normalized spacial score (nSPS) is 15.5. The predicted octanol–water partition coefficient (Wildman–Crippen LogP) is 4.63. The van der Waals surface area contributed by atoms with Crippen molar-refractivity contribution in [1.29, 1.82) is 0 Å². The molecule has 3 rings (SSSR count).